The lowest BCUT2D eigenvalue weighted by molar-refractivity contribution is 0.0185. The molecule has 5 rings (SSSR count). The molecule has 1 saturated carbocycles. The summed E-state index contributed by atoms with van der Waals surface area (Å²) in [6.07, 6.45) is 11.5. The van der Waals surface area contributed by atoms with Crippen LogP contribution in [0.2, 0.25) is 0 Å². The number of rotatable bonds is 9. The molecule has 194 valence electrons. The number of ether oxygens (including phenoxy) is 2. The van der Waals surface area contributed by atoms with Crippen LogP contribution in [0.25, 0.3) is 0 Å². The van der Waals surface area contributed by atoms with Gasteiger partial charge in [0.15, 0.2) is 5.96 Å². The number of nitrogens with two attached hydrogens (primary N) is 1. The van der Waals surface area contributed by atoms with E-state index in [4.69, 9.17) is 20.2 Å². The zero-order valence-corrected chi connectivity index (χ0v) is 21.8. The number of benzene rings is 2. The average molecular weight is 491 g/mol. The van der Waals surface area contributed by atoms with Gasteiger partial charge in [-0.2, -0.15) is 0 Å². The minimum atomic E-state index is 0.334. The summed E-state index contributed by atoms with van der Waals surface area (Å²) in [7, 11) is 2.32. The Morgan fingerprint density at radius 3 is 2.67 bits per heavy atom. The van der Waals surface area contributed by atoms with Gasteiger partial charge >= 0.3 is 0 Å². The fourth-order valence-corrected chi connectivity index (χ4v) is 6.19. The van der Waals surface area contributed by atoms with E-state index < -0.39 is 0 Å². The lowest BCUT2D eigenvalue weighted by Gasteiger charge is -2.41. The fourth-order valence-electron chi connectivity index (χ4n) is 6.19. The van der Waals surface area contributed by atoms with Gasteiger partial charge in [-0.25, -0.2) is 4.99 Å². The van der Waals surface area contributed by atoms with E-state index >= 15 is 0 Å². The van der Waals surface area contributed by atoms with Crippen molar-refractivity contribution in [2.45, 2.75) is 76.4 Å². The normalized spacial score (nSPS) is 21.7. The van der Waals surface area contributed by atoms with Crippen LogP contribution in [0.4, 0.5) is 5.69 Å². The van der Waals surface area contributed by atoms with Crippen LogP contribution in [0.1, 0.15) is 63.4 Å². The number of guanidine groups is 1. The van der Waals surface area contributed by atoms with Gasteiger partial charge in [-0.05, 0) is 82.4 Å². The van der Waals surface area contributed by atoms with Gasteiger partial charge in [0.05, 0.1) is 12.3 Å². The zero-order chi connectivity index (χ0) is 24.7. The third-order valence-corrected chi connectivity index (χ3v) is 8.25. The highest BCUT2D eigenvalue weighted by atomic mass is 16.5. The summed E-state index contributed by atoms with van der Waals surface area (Å²) in [6, 6.07) is 17.1. The van der Waals surface area contributed by atoms with Gasteiger partial charge in [0.25, 0.3) is 0 Å². The number of nitrogens with zero attached hydrogens (tertiary/aromatic N) is 3. The summed E-state index contributed by atoms with van der Waals surface area (Å²) in [5.74, 6) is 2.79. The van der Waals surface area contributed by atoms with Gasteiger partial charge in [0, 0.05) is 36.7 Å². The standard InChI is InChI=1S/C30H42N4O2/c1-33(25-11-4-2-5-12-25)18-8-15-29(23-10-9-19-35-22-23)34-21-24-20-27(16-17-28(24)32-30(34)31)36-26-13-6-3-7-14-26/h3,6-7,13-14,16-17,20,23,25,29H,2,4-5,8-12,15,18-19,21-22H2,1H3,(H2,31,32)/t23?,29-/m0/s1. The maximum Gasteiger partial charge on any atom is 0.197 e. The molecule has 6 heteroatoms. The first-order valence-electron chi connectivity index (χ1n) is 13.9. The van der Waals surface area contributed by atoms with E-state index in [9.17, 15) is 0 Å². The van der Waals surface area contributed by atoms with Crippen molar-refractivity contribution in [3.63, 3.8) is 0 Å². The monoisotopic (exact) mass is 490 g/mol. The molecule has 1 aliphatic carbocycles. The summed E-state index contributed by atoms with van der Waals surface area (Å²) in [6.45, 7) is 3.60. The first kappa shape index (κ1) is 25.1. The van der Waals surface area contributed by atoms with E-state index in [0.717, 1.165) is 62.4 Å². The quantitative estimate of drug-likeness (QED) is 0.461. The van der Waals surface area contributed by atoms with Crippen LogP contribution in [0.5, 0.6) is 11.5 Å². The molecular weight excluding hydrogens is 448 g/mol. The fraction of sp³-hybridized carbons (Fsp3) is 0.567. The molecule has 2 aromatic rings. The van der Waals surface area contributed by atoms with E-state index in [2.05, 4.69) is 22.9 Å². The molecule has 0 amide bonds. The van der Waals surface area contributed by atoms with Crippen LogP contribution in [0.15, 0.2) is 53.5 Å². The first-order valence-corrected chi connectivity index (χ1v) is 13.9. The van der Waals surface area contributed by atoms with E-state index in [0.29, 0.717) is 17.9 Å². The van der Waals surface area contributed by atoms with Crippen molar-refractivity contribution >= 4 is 11.6 Å². The number of hydrogen-bond donors (Lipinski definition) is 1. The molecule has 0 aromatic heterocycles. The molecule has 2 N–H and O–H groups in total. The Bertz CT molecular complexity index is 999. The Morgan fingerprint density at radius 2 is 1.89 bits per heavy atom. The Morgan fingerprint density at radius 1 is 1.06 bits per heavy atom. The highest BCUT2D eigenvalue weighted by Gasteiger charge is 2.33. The lowest BCUT2D eigenvalue weighted by Crippen LogP contribution is -2.50. The van der Waals surface area contributed by atoms with Gasteiger partial charge < -0.3 is 25.0 Å². The molecule has 1 saturated heterocycles. The van der Waals surface area contributed by atoms with Crippen molar-refractivity contribution in [3.8, 4) is 11.5 Å². The van der Waals surface area contributed by atoms with Crippen molar-refractivity contribution < 1.29 is 9.47 Å². The molecule has 2 aromatic carbocycles. The highest BCUT2D eigenvalue weighted by Crippen LogP contribution is 2.35. The molecule has 3 aliphatic rings. The Labute approximate surface area is 216 Å². The van der Waals surface area contributed by atoms with Crippen LogP contribution < -0.4 is 10.5 Å². The maximum absolute atomic E-state index is 6.60. The minimum absolute atomic E-state index is 0.334. The molecule has 2 heterocycles. The molecule has 2 aliphatic heterocycles. The van der Waals surface area contributed by atoms with Gasteiger partial charge in [-0.15, -0.1) is 0 Å². The van der Waals surface area contributed by atoms with E-state index in [1.807, 2.05) is 42.5 Å². The topological polar surface area (TPSA) is 63.3 Å². The molecule has 0 spiro atoms. The van der Waals surface area contributed by atoms with Crippen LogP contribution in [0, 0.1) is 5.92 Å². The van der Waals surface area contributed by atoms with Gasteiger partial charge in [-0.1, -0.05) is 37.5 Å². The third-order valence-electron chi connectivity index (χ3n) is 8.25. The van der Waals surface area contributed by atoms with Crippen molar-refractivity contribution in [1.29, 1.82) is 0 Å². The molecule has 36 heavy (non-hydrogen) atoms. The van der Waals surface area contributed by atoms with Gasteiger partial charge in [0.2, 0.25) is 0 Å². The van der Waals surface area contributed by atoms with E-state index in [1.165, 1.54) is 50.5 Å². The first-order chi connectivity index (χ1) is 17.7. The number of para-hydroxylation sites is 1. The van der Waals surface area contributed by atoms with Crippen LogP contribution in [0.3, 0.4) is 0 Å². The molecular formula is C30H42N4O2. The molecule has 6 nitrogen and oxygen atoms in total. The largest absolute Gasteiger partial charge is 0.457 e. The summed E-state index contributed by atoms with van der Waals surface area (Å²) in [5, 5.41) is 0. The van der Waals surface area contributed by atoms with E-state index in [-0.39, 0.29) is 0 Å². The molecule has 0 radical (unpaired) electrons. The predicted molar refractivity (Wildman–Crippen MR) is 146 cm³/mol. The number of fused-ring (bicyclic) bond motifs is 1. The van der Waals surface area contributed by atoms with Crippen molar-refractivity contribution in [3.05, 3.63) is 54.1 Å². The van der Waals surface area contributed by atoms with Crippen LogP contribution in [-0.2, 0) is 11.3 Å². The SMILES string of the molecule is CN(CCC[C@@H](C1CCCOC1)N1Cc2cc(Oc3ccccc3)ccc2N=C1N)C1CCCCC1. The van der Waals surface area contributed by atoms with Gasteiger partial charge in [0.1, 0.15) is 11.5 Å². The lowest BCUT2D eigenvalue weighted by atomic mass is 9.88. The number of hydrogen-bond acceptors (Lipinski definition) is 6. The predicted octanol–water partition coefficient (Wildman–Crippen LogP) is 6.08. The van der Waals surface area contributed by atoms with Gasteiger partial charge in [-0.3, -0.25) is 0 Å². The van der Waals surface area contributed by atoms with Crippen LogP contribution in [-0.4, -0.2) is 54.6 Å². The number of aliphatic imine (C=N–C) groups is 1. The van der Waals surface area contributed by atoms with E-state index in [1.54, 1.807) is 0 Å². The molecule has 2 atom stereocenters. The summed E-state index contributed by atoms with van der Waals surface area (Å²) < 4.78 is 12.0. The van der Waals surface area contributed by atoms with Crippen LogP contribution >= 0.6 is 0 Å². The Kier molecular flexibility index (Phi) is 8.44. The van der Waals surface area contributed by atoms with Crippen molar-refractivity contribution in [2.24, 2.45) is 16.6 Å². The third kappa shape index (κ3) is 6.22. The summed E-state index contributed by atoms with van der Waals surface area (Å²) in [5.41, 5.74) is 8.71. The summed E-state index contributed by atoms with van der Waals surface area (Å²) in [4.78, 5) is 9.76. The highest BCUT2D eigenvalue weighted by molar-refractivity contribution is 5.84. The second-order valence-electron chi connectivity index (χ2n) is 10.8. The molecule has 0 bridgehead atoms. The Hall–Kier alpha value is -2.57. The molecule has 1 unspecified atom stereocenters. The van der Waals surface area contributed by atoms with Crippen molar-refractivity contribution in [2.75, 3.05) is 26.8 Å². The Balaban J connectivity index is 1.28. The minimum Gasteiger partial charge on any atom is -0.457 e. The maximum atomic E-state index is 6.60. The second kappa shape index (κ2) is 12.1. The van der Waals surface area contributed by atoms with Crippen molar-refractivity contribution in [1.82, 2.24) is 9.80 Å². The second-order valence-corrected chi connectivity index (χ2v) is 10.8. The average Bonchev–Trinajstić information content (AvgIpc) is 2.92. The zero-order valence-electron chi connectivity index (χ0n) is 21.8. The smallest absolute Gasteiger partial charge is 0.197 e. The molecule has 2 fully saturated rings. The summed E-state index contributed by atoms with van der Waals surface area (Å²) >= 11 is 0.